The number of nitrogens with one attached hydrogen (secondary N) is 1. The summed E-state index contributed by atoms with van der Waals surface area (Å²) in [5.74, 6) is -0.286. The Morgan fingerprint density at radius 2 is 2.00 bits per heavy atom. The highest BCUT2D eigenvalue weighted by atomic mass is 19.1. The molecule has 0 fully saturated rings. The molecule has 150 valence electrons. The van der Waals surface area contributed by atoms with Crippen molar-refractivity contribution in [1.29, 1.82) is 0 Å². The van der Waals surface area contributed by atoms with E-state index < -0.39 is 11.7 Å². The maximum Gasteiger partial charge on any atom is 0.274 e. The number of tetrazole rings is 1. The first-order valence-electron chi connectivity index (χ1n) is 8.90. The van der Waals surface area contributed by atoms with Gasteiger partial charge in [0.15, 0.2) is 17.4 Å². The molecule has 2 heterocycles. The number of carbonyl (C=O) groups is 1. The first-order chi connectivity index (χ1) is 14.7. The lowest BCUT2D eigenvalue weighted by molar-refractivity contribution is -0.111. The molecule has 0 aliphatic rings. The van der Waals surface area contributed by atoms with Crippen LogP contribution in [-0.2, 0) is 4.79 Å². The summed E-state index contributed by atoms with van der Waals surface area (Å²) in [6.45, 7) is 0. The average Bonchev–Trinajstić information content (AvgIpc) is 3.45. The van der Waals surface area contributed by atoms with E-state index in [4.69, 9.17) is 9.15 Å². The zero-order valence-corrected chi connectivity index (χ0v) is 15.8. The number of amides is 1. The third-order valence-electron chi connectivity index (χ3n) is 4.19. The van der Waals surface area contributed by atoms with Crippen molar-refractivity contribution in [2.24, 2.45) is 0 Å². The minimum absolute atomic E-state index is 0.0752. The van der Waals surface area contributed by atoms with Gasteiger partial charge < -0.3 is 14.5 Å². The van der Waals surface area contributed by atoms with Crippen molar-refractivity contribution in [1.82, 2.24) is 20.2 Å². The van der Waals surface area contributed by atoms with Crippen molar-refractivity contribution in [2.75, 3.05) is 12.4 Å². The second kappa shape index (κ2) is 8.39. The van der Waals surface area contributed by atoms with Crippen LogP contribution in [-0.4, -0.2) is 33.2 Å². The zero-order chi connectivity index (χ0) is 20.9. The summed E-state index contributed by atoms with van der Waals surface area (Å²) >= 11 is 0. The van der Waals surface area contributed by atoms with Crippen molar-refractivity contribution in [2.45, 2.75) is 0 Å². The average molecular weight is 405 g/mol. The van der Waals surface area contributed by atoms with Gasteiger partial charge in [0, 0.05) is 23.4 Å². The molecule has 0 atom stereocenters. The largest absolute Gasteiger partial charge is 0.494 e. The Kier molecular flexibility index (Phi) is 5.33. The molecule has 2 aromatic heterocycles. The van der Waals surface area contributed by atoms with Crippen LogP contribution in [0.4, 0.5) is 10.1 Å². The van der Waals surface area contributed by atoms with Gasteiger partial charge in [-0.05, 0) is 34.7 Å². The first kappa shape index (κ1) is 19.1. The van der Waals surface area contributed by atoms with Crippen LogP contribution in [0.5, 0.6) is 5.75 Å². The maximum absolute atomic E-state index is 14.0. The molecule has 0 saturated carbocycles. The van der Waals surface area contributed by atoms with E-state index in [2.05, 4.69) is 20.8 Å². The number of anilines is 1. The molecule has 4 rings (SSSR count). The molecule has 2 aromatic carbocycles. The number of carbonyl (C=O) groups excluding carboxylic acids is 1. The minimum Gasteiger partial charge on any atom is -0.494 e. The molecule has 4 aromatic rings. The topological polar surface area (TPSA) is 95.1 Å². The lowest BCUT2D eigenvalue weighted by Crippen LogP contribution is -2.19. The van der Waals surface area contributed by atoms with E-state index >= 15 is 0 Å². The summed E-state index contributed by atoms with van der Waals surface area (Å²) < 4.78 is 25.6. The van der Waals surface area contributed by atoms with Crippen molar-refractivity contribution in [3.63, 3.8) is 0 Å². The van der Waals surface area contributed by atoms with E-state index in [1.807, 2.05) is 30.3 Å². The monoisotopic (exact) mass is 405 g/mol. The molecule has 9 heteroatoms. The highest BCUT2D eigenvalue weighted by Gasteiger charge is 2.20. The number of benzene rings is 2. The molecule has 0 spiro atoms. The summed E-state index contributed by atoms with van der Waals surface area (Å²) in [7, 11) is 1.36. The number of hydrogen-bond acceptors (Lipinski definition) is 6. The Hall–Kier alpha value is -4.27. The molecule has 0 radical (unpaired) electrons. The van der Waals surface area contributed by atoms with Crippen LogP contribution in [0, 0.1) is 5.82 Å². The van der Waals surface area contributed by atoms with Gasteiger partial charge in [-0.25, -0.2) is 4.39 Å². The Bertz CT molecular complexity index is 1190. The molecular weight excluding hydrogens is 389 g/mol. The van der Waals surface area contributed by atoms with Gasteiger partial charge in [0.1, 0.15) is 11.5 Å². The SMILES string of the molecule is COc1ccc(NC(=O)/C(=C/c2ccco2)n2nnnc2-c2ccccc2)cc1F. The Morgan fingerprint density at radius 1 is 1.17 bits per heavy atom. The molecule has 0 aliphatic heterocycles. The number of aromatic nitrogens is 4. The molecule has 8 nitrogen and oxygen atoms in total. The third kappa shape index (κ3) is 3.95. The van der Waals surface area contributed by atoms with Crippen molar-refractivity contribution >= 4 is 23.4 Å². The molecule has 30 heavy (non-hydrogen) atoms. The molecular formula is C21H16FN5O3. The highest BCUT2D eigenvalue weighted by Crippen LogP contribution is 2.24. The van der Waals surface area contributed by atoms with Gasteiger partial charge in [0.05, 0.1) is 13.4 Å². The standard InChI is InChI=1S/C21H16FN5O3/c1-29-19-10-9-15(12-17(19)22)23-21(28)18(13-16-8-5-11-30-16)27-20(24-25-26-27)14-6-3-2-4-7-14/h2-13H,1H3,(H,23,28)/b18-13-. The molecule has 0 aliphatic carbocycles. The van der Waals surface area contributed by atoms with Gasteiger partial charge in [0.25, 0.3) is 5.91 Å². The fraction of sp³-hybridized carbons (Fsp3) is 0.0476. The Balaban J connectivity index is 1.73. The number of rotatable bonds is 6. The van der Waals surface area contributed by atoms with E-state index in [1.165, 1.54) is 42.3 Å². The predicted molar refractivity (Wildman–Crippen MR) is 108 cm³/mol. The highest BCUT2D eigenvalue weighted by molar-refractivity contribution is 6.24. The van der Waals surface area contributed by atoms with Crippen molar-refractivity contribution < 1.29 is 18.3 Å². The maximum atomic E-state index is 14.0. The van der Waals surface area contributed by atoms with Gasteiger partial charge in [-0.15, -0.1) is 5.10 Å². The lowest BCUT2D eigenvalue weighted by Gasteiger charge is -2.11. The fourth-order valence-electron chi connectivity index (χ4n) is 2.79. The quantitative estimate of drug-likeness (QED) is 0.491. The molecule has 1 amide bonds. The van der Waals surface area contributed by atoms with E-state index in [9.17, 15) is 9.18 Å². The lowest BCUT2D eigenvalue weighted by atomic mass is 10.2. The summed E-state index contributed by atoms with van der Waals surface area (Å²) in [6, 6.07) is 16.7. The summed E-state index contributed by atoms with van der Waals surface area (Å²) in [6.07, 6.45) is 2.98. The predicted octanol–water partition coefficient (Wildman–Crippen LogP) is 3.72. The van der Waals surface area contributed by atoms with Gasteiger partial charge in [0.2, 0.25) is 0 Å². The van der Waals surface area contributed by atoms with Crippen molar-refractivity contribution in [3.05, 3.63) is 78.5 Å². The van der Waals surface area contributed by atoms with Crippen LogP contribution in [0.1, 0.15) is 5.76 Å². The van der Waals surface area contributed by atoms with Crippen LogP contribution in [0.3, 0.4) is 0 Å². The van der Waals surface area contributed by atoms with Crippen LogP contribution in [0.25, 0.3) is 23.2 Å². The summed E-state index contributed by atoms with van der Waals surface area (Å²) in [4.78, 5) is 13.1. The Labute approximate surface area is 170 Å². The number of hydrogen-bond donors (Lipinski definition) is 1. The van der Waals surface area contributed by atoms with Gasteiger partial charge in [-0.3, -0.25) is 4.79 Å². The molecule has 0 unspecified atom stereocenters. The third-order valence-corrected chi connectivity index (χ3v) is 4.19. The van der Waals surface area contributed by atoms with Gasteiger partial charge >= 0.3 is 0 Å². The number of ether oxygens (including phenoxy) is 1. The molecule has 1 N–H and O–H groups in total. The summed E-state index contributed by atoms with van der Waals surface area (Å²) in [5.41, 5.74) is 1.05. The molecule has 0 saturated heterocycles. The van der Waals surface area contributed by atoms with Crippen molar-refractivity contribution in [3.8, 4) is 17.1 Å². The van der Waals surface area contributed by atoms with Crippen LogP contribution < -0.4 is 10.1 Å². The minimum atomic E-state index is -0.598. The second-order valence-electron chi connectivity index (χ2n) is 6.13. The first-order valence-corrected chi connectivity index (χ1v) is 8.90. The number of methoxy groups -OCH3 is 1. The van der Waals surface area contributed by atoms with Crippen LogP contribution in [0.15, 0.2) is 71.3 Å². The second-order valence-corrected chi connectivity index (χ2v) is 6.13. The fourth-order valence-corrected chi connectivity index (χ4v) is 2.79. The van der Waals surface area contributed by atoms with E-state index in [0.29, 0.717) is 11.6 Å². The Morgan fingerprint density at radius 3 is 2.70 bits per heavy atom. The van der Waals surface area contributed by atoms with Gasteiger partial charge in [-0.2, -0.15) is 4.68 Å². The normalized spacial score (nSPS) is 11.3. The van der Waals surface area contributed by atoms with Crippen LogP contribution in [0.2, 0.25) is 0 Å². The van der Waals surface area contributed by atoms with E-state index in [-0.39, 0.29) is 17.1 Å². The van der Waals surface area contributed by atoms with Crippen LogP contribution >= 0.6 is 0 Å². The van der Waals surface area contributed by atoms with Gasteiger partial charge in [-0.1, -0.05) is 30.3 Å². The molecule has 0 bridgehead atoms. The smallest absolute Gasteiger partial charge is 0.274 e. The number of nitrogens with zero attached hydrogens (tertiary/aromatic N) is 4. The zero-order valence-electron chi connectivity index (χ0n) is 15.8. The van der Waals surface area contributed by atoms with E-state index in [1.54, 1.807) is 12.1 Å². The summed E-state index contributed by atoms with van der Waals surface area (Å²) in [5, 5.41) is 14.4. The number of halogens is 1. The number of furan rings is 1. The van der Waals surface area contributed by atoms with E-state index in [0.717, 1.165) is 5.56 Å².